The monoisotopic (exact) mass is 242 g/mol. The van der Waals surface area contributed by atoms with Gasteiger partial charge in [0.05, 0.1) is 0 Å². The zero-order chi connectivity index (χ0) is 12.8. The Bertz CT molecular complexity index is 459. The summed E-state index contributed by atoms with van der Waals surface area (Å²) >= 11 is 0. The molecule has 2 rings (SSSR count). The lowest BCUT2D eigenvalue weighted by atomic mass is 10.0. The predicted molar refractivity (Wildman–Crippen MR) is 70.9 cm³/mol. The second-order valence-electron chi connectivity index (χ2n) is 4.39. The van der Waals surface area contributed by atoms with Gasteiger partial charge in [-0.25, -0.2) is 0 Å². The number of hydrogen-bond donors (Lipinski definition) is 0. The number of piperidine rings is 1. The van der Waals surface area contributed by atoms with Crippen molar-refractivity contribution in [3.05, 3.63) is 41.5 Å². The Balaban J connectivity index is 2.23. The first-order valence-corrected chi connectivity index (χ1v) is 6.25. The first kappa shape index (κ1) is 12.6. The van der Waals surface area contributed by atoms with Gasteiger partial charge in [-0.15, -0.1) is 0 Å². The van der Waals surface area contributed by atoms with Crippen molar-refractivity contribution in [3.63, 3.8) is 0 Å². The van der Waals surface area contributed by atoms with Crippen LogP contribution in [0.3, 0.4) is 0 Å². The van der Waals surface area contributed by atoms with Crippen LogP contribution in [0.1, 0.15) is 35.2 Å². The van der Waals surface area contributed by atoms with Crippen LogP contribution < -0.4 is 0 Å². The molecule has 1 radical (unpaired) electrons. The first-order chi connectivity index (χ1) is 8.83. The van der Waals surface area contributed by atoms with Crippen LogP contribution in [0.4, 0.5) is 0 Å². The lowest BCUT2D eigenvalue weighted by Gasteiger charge is -2.27. The van der Waals surface area contributed by atoms with Gasteiger partial charge in [0.1, 0.15) is 0 Å². The number of carbonyl (C=O) groups is 1. The van der Waals surface area contributed by atoms with Gasteiger partial charge in [-0.2, -0.15) is 0 Å². The molecule has 0 aromatic heterocycles. The fourth-order valence-electron chi connectivity index (χ4n) is 2.23. The number of rotatable bonds is 3. The topological polar surface area (TPSA) is 37.4 Å². The minimum Gasteiger partial charge on any atom is -0.339 e. The summed E-state index contributed by atoms with van der Waals surface area (Å²) in [4.78, 5) is 24.5. The molecule has 1 saturated heterocycles. The Labute approximate surface area is 107 Å². The minimum atomic E-state index is 0.0563. The SMILES string of the molecule is O=[C]/C=C/c1ccccc1C(=O)N1CCCCC1. The number of likely N-dealkylation sites (tertiary alicyclic amines) is 1. The van der Waals surface area contributed by atoms with E-state index in [-0.39, 0.29) is 5.91 Å². The molecule has 0 unspecified atom stereocenters. The van der Waals surface area contributed by atoms with E-state index in [0.29, 0.717) is 5.56 Å². The smallest absolute Gasteiger partial charge is 0.254 e. The Hall–Kier alpha value is -1.90. The first-order valence-electron chi connectivity index (χ1n) is 6.25. The van der Waals surface area contributed by atoms with Gasteiger partial charge in [-0.1, -0.05) is 24.3 Å². The summed E-state index contributed by atoms with van der Waals surface area (Å²) in [5.74, 6) is 0.0563. The summed E-state index contributed by atoms with van der Waals surface area (Å²) in [6, 6.07) is 7.35. The van der Waals surface area contributed by atoms with Crippen molar-refractivity contribution in [2.75, 3.05) is 13.1 Å². The molecular formula is C15H16NO2. The van der Waals surface area contributed by atoms with Gasteiger partial charge < -0.3 is 4.90 Å². The lowest BCUT2D eigenvalue weighted by molar-refractivity contribution is 0.0724. The van der Waals surface area contributed by atoms with Crippen molar-refractivity contribution < 1.29 is 9.59 Å². The van der Waals surface area contributed by atoms with Crippen molar-refractivity contribution in [1.29, 1.82) is 0 Å². The fraction of sp³-hybridized carbons (Fsp3) is 0.333. The number of amides is 1. The van der Waals surface area contributed by atoms with E-state index in [9.17, 15) is 9.59 Å². The highest BCUT2D eigenvalue weighted by molar-refractivity contribution is 5.98. The number of hydrogen-bond acceptors (Lipinski definition) is 2. The average Bonchev–Trinajstić information content (AvgIpc) is 2.45. The van der Waals surface area contributed by atoms with E-state index >= 15 is 0 Å². The highest BCUT2D eigenvalue weighted by atomic mass is 16.2. The maximum Gasteiger partial charge on any atom is 0.254 e. The fourth-order valence-corrected chi connectivity index (χ4v) is 2.23. The van der Waals surface area contributed by atoms with Crippen molar-refractivity contribution in [2.45, 2.75) is 19.3 Å². The predicted octanol–water partition coefficient (Wildman–Crippen LogP) is 2.44. The summed E-state index contributed by atoms with van der Waals surface area (Å²) in [7, 11) is 0. The summed E-state index contributed by atoms with van der Waals surface area (Å²) in [6.07, 6.45) is 7.98. The van der Waals surface area contributed by atoms with Gasteiger partial charge in [-0.05, 0) is 37.0 Å². The van der Waals surface area contributed by atoms with Crippen molar-refractivity contribution in [1.82, 2.24) is 4.90 Å². The molecule has 0 saturated carbocycles. The summed E-state index contributed by atoms with van der Waals surface area (Å²) < 4.78 is 0. The maximum absolute atomic E-state index is 12.4. The van der Waals surface area contributed by atoms with Gasteiger partial charge in [0.2, 0.25) is 6.29 Å². The third-order valence-electron chi connectivity index (χ3n) is 3.17. The van der Waals surface area contributed by atoms with Gasteiger partial charge in [0.15, 0.2) is 0 Å². The maximum atomic E-state index is 12.4. The molecular weight excluding hydrogens is 226 g/mol. The normalized spacial score (nSPS) is 15.9. The Morgan fingerprint density at radius 2 is 1.89 bits per heavy atom. The number of benzene rings is 1. The molecule has 3 nitrogen and oxygen atoms in total. The molecule has 3 heteroatoms. The van der Waals surface area contributed by atoms with Gasteiger partial charge in [0.25, 0.3) is 5.91 Å². The van der Waals surface area contributed by atoms with E-state index in [4.69, 9.17) is 0 Å². The van der Waals surface area contributed by atoms with Crippen LogP contribution in [0.25, 0.3) is 6.08 Å². The van der Waals surface area contributed by atoms with Crippen LogP contribution >= 0.6 is 0 Å². The second-order valence-corrected chi connectivity index (χ2v) is 4.39. The highest BCUT2D eigenvalue weighted by Crippen LogP contribution is 2.17. The lowest BCUT2D eigenvalue weighted by Crippen LogP contribution is -2.35. The molecule has 1 aliphatic heterocycles. The largest absolute Gasteiger partial charge is 0.339 e. The highest BCUT2D eigenvalue weighted by Gasteiger charge is 2.19. The van der Waals surface area contributed by atoms with Crippen molar-refractivity contribution in [3.8, 4) is 0 Å². The molecule has 0 atom stereocenters. The Morgan fingerprint density at radius 1 is 1.17 bits per heavy atom. The molecule has 0 spiro atoms. The molecule has 1 fully saturated rings. The van der Waals surface area contributed by atoms with Gasteiger partial charge in [0, 0.05) is 18.7 Å². The molecule has 93 valence electrons. The van der Waals surface area contributed by atoms with Gasteiger partial charge in [-0.3, -0.25) is 9.59 Å². The van der Waals surface area contributed by atoms with Gasteiger partial charge >= 0.3 is 0 Å². The van der Waals surface area contributed by atoms with E-state index < -0.39 is 0 Å². The van der Waals surface area contributed by atoms with E-state index in [1.54, 1.807) is 18.4 Å². The third kappa shape index (κ3) is 2.86. The number of allylic oxidation sites excluding steroid dienone is 1. The molecule has 18 heavy (non-hydrogen) atoms. The quantitative estimate of drug-likeness (QED) is 0.763. The summed E-state index contributed by atoms with van der Waals surface area (Å²) in [5.41, 5.74) is 1.43. The molecule has 0 N–H and O–H groups in total. The van der Waals surface area contributed by atoms with Crippen LogP contribution in [-0.4, -0.2) is 30.2 Å². The van der Waals surface area contributed by atoms with Crippen LogP contribution in [0.2, 0.25) is 0 Å². The average molecular weight is 242 g/mol. The number of carbonyl (C=O) groups excluding carboxylic acids is 2. The van der Waals surface area contributed by atoms with Crippen LogP contribution in [-0.2, 0) is 4.79 Å². The minimum absolute atomic E-state index is 0.0563. The van der Waals surface area contributed by atoms with Crippen LogP contribution in [0, 0.1) is 0 Å². The molecule has 1 aromatic carbocycles. The van der Waals surface area contributed by atoms with E-state index in [1.807, 2.05) is 23.1 Å². The zero-order valence-corrected chi connectivity index (χ0v) is 10.3. The van der Waals surface area contributed by atoms with E-state index in [0.717, 1.165) is 31.5 Å². The Morgan fingerprint density at radius 3 is 2.61 bits per heavy atom. The molecule has 1 heterocycles. The molecule has 0 bridgehead atoms. The number of nitrogens with zero attached hydrogens (tertiary/aromatic N) is 1. The standard InChI is InChI=1S/C15H16NO2/c17-12-6-8-13-7-2-3-9-14(13)15(18)16-10-4-1-5-11-16/h2-3,6-9H,1,4-5,10-11H2/b8-6+. The van der Waals surface area contributed by atoms with Crippen molar-refractivity contribution in [2.24, 2.45) is 0 Å². The zero-order valence-electron chi connectivity index (χ0n) is 10.3. The second kappa shape index (κ2) is 6.15. The van der Waals surface area contributed by atoms with E-state index in [1.165, 1.54) is 12.5 Å². The molecule has 1 aromatic rings. The summed E-state index contributed by atoms with van der Waals surface area (Å²) in [6.45, 7) is 1.66. The molecule has 1 amide bonds. The summed E-state index contributed by atoms with van der Waals surface area (Å²) in [5, 5.41) is 0. The molecule has 1 aliphatic rings. The third-order valence-corrected chi connectivity index (χ3v) is 3.17. The molecule has 0 aliphatic carbocycles. The van der Waals surface area contributed by atoms with Crippen molar-refractivity contribution >= 4 is 18.3 Å². The van der Waals surface area contributed by atoms with Crippen LogP contribution in [0.15, 0.2) is 30.3 Å². The van der Waals surface area contributed by atoms with E-state index in [2.05, 4.69) is 0 Å². The Kier molecular flexibility index (Phi) is 4.29. The van der Waals surface area contributed by atoms with Crippen LogP contribution in [0.5, 0.6) is 0 Å².